The molecule has 0 amide bonds. The number of alkyl halides is 8. The van der Waals surface area contributed by atoms with Crippen molar-refractivity contribution in [3.63, 3.8) is 0 Å². The molecule has 0 bridgehead atoms. The molecular weight excluding hydrogens is 276 g/mol. The zero-order valence-electron chi connectivity index (χ0n) is 8.93. The van der Waals surface area contributed by atoms with Crippen molar-refractivity contribution in [2.24, 2.45) is 0 Å². The Labute approximate surface area is 95.1 Å². The van der Waals surface area contributed by atoms with Crippen molar-refractivity contribution in [2.45, 2.75) is 37.5 Å². The molecule has 0 saturated carbocycles. The van der Waals surface area contributed by atoms with Crippen LogP contribution in [0.1, 0.15) is 25.0 Å². The van der Waals surface area contributed by atoms with Gasteiger partial charge in [-0.1, -0.05) is 0 Å². The lowest BCUT2D eigenvalue weighted by molar-refractivity contribution is -0.235. The van der Waals surface area contributed by atoms with Crippen LogP contribution in [0.2, 0.25) is 0 Å². The third-order valence-corrected chi connectivity index (χ3v) is 2.65. The van der Waals surface area contributed by atoms with Crippen LogP contribution in [0.4, 0.5) is 35.1 Å². The molecule has 0 aliphatic carbocycles. The van der Waals surface area contributed by atoms with Crippen molar-refractivity contribution < 1.29 is 35.1 Å². The molecule has 2 atom stereocenters. The Morgan fingerprint density at radius 1 is 0.667 bits per heavy atom. The molecule has 0 aromatic heterocycles. The van der Waals surface area contributed by atoms with Crippen molar-refractivity contribution in [3.8, 4) is 0 Å². The summed E-state index contributed by atoms with van der Waals surface area (Å²) in [6, 6.07) is 0. The molecule has 1 aromatic rings. The van der Waals surface area contributed by atoms with E-state index < -0.39 is 40.2 Å². The van der Waals surface area contributed by atoms with Gasteiger partial charge in [-0.2, -0.15) is 26.3 Å². The maximum Gasteiger partial charge on any atom is 0.426 e. The van der Waals surface area contributed by atoms with E-state index in [0.717, 1.165) is 0 Å². The highest BCUT2D eigenvalue weighted by atomic mass is 19.4. The molecule has 0 saturated heterocycles. The lowest BCUT2D eigenvalue weighted by Gasteiger charge is -2.23. The normalized spacial score (nSPS) is 20.8. The van der Waals surface area contributed by atoms with Crippen LogP contribution in [0.15, 0.2) is 4.79 Å². The SMILES string of the molecule is CC(F)(c1c(C(C)(F)C(F)(F)F)c1=O)C(F)(F)F. The Bertz CT molecular complexity index is 427. The Morgan fingerprint density at radius 3 is 1.06 bits per heavy atom. The molecule has 0 N–H and O–H groups in total. The predicted molar refractivity (Wildman–Crippen MR) is 44.1 cm³/mol. The zero-order chi connectivity index (χ0) is 14.7. The molecule has 1 aromatic carbocycles. The molecule has 18 heavy (non-hydrogen) atoms. The van der Waals surface area contributed by atoms with E-state index in [0.29, 0.717) is 0 Å². The van der Waals surface area contributed by atoms with E-state index >= 15 is 0 Å². The first-order valence-electron chi connectivity index (χ1n) is 4.47. The first-order valence-corrected chi connectivity index (χ1v) is 4.47. The zero-order valence-corrected chi connectivity index (χ0v) is 8.93. The summed E-state index contributed by atoms with van der Waals surface area (Å²) >= 11 is 0. The Morgan fingerprint density at radius 2 is 0.889 bits per heavy atom. The van der Waals surface area contributed by atoms with Gasteiger partial charge in [0, 0.05) is 0 Å². The van der Waals surface area contributed by atoms with E-state index in [1.54, 1.807) is 0 Å². The Kier molecular flexibility index (Phi) is 2.85. The van der Waals surface area contributed by atoms with E-state index in [1.807, 2.05) is 0 Å². The highest BCUT2D eigenvalue weighted by Crippen LogP contribution is 2.51. The molecule has 0 fully saturated rings. The van der Waals surface area contributed by atoms with Gasteiger partial charge in [-0.15, -0.1) is 0 Å². The summed E-state index contributed by atoms with van der Waals surface area (Å²) < 4.78 is 99.7. The first kappa shape index (κ1) is 14.9. The largest absolute Gasteiger partial charge is 0.426 e. The van der Waals surface area contributed by atoms with Crippen molar-refractivity contribution in [3.05, 3.63) is 21.4 Å². The van der Waals surface area contributed by atoms with Crippen molar-refractivity contribution in [1.82, 2.24) is 0 Å². The minimum Gasteiger partial charge on any atom is -0.289 e. The number of halogens is 8. The van der Waals surface area contributed by atoms with Gasteiger partial charge < -0.3 is 0 Å². The summed E-state index contributed by atoms with van der Waals surface area (Å²) in [7, 11) is 0. The Balaban J connectivity index is 3.28. The van der Waals surface area contributed by atoms with Gasteiger partial charge in [0.25, 0.3) is 0 Å². The molecule has 1 nitrogen and oxygen atoms in total. The summed E-state index contributed by atoms with van der Waals surface area (Å²) in [6.07, 6.45) is -11.2. The van der Waals surface area contributed by atoms with Crippen molar-refractivity contribution in [2.75, 3.05) is 0 Å². The van der Waals surface area contributed by atoms with Gasteiger partial charge in [0.15, 0.2) is 5.43 Å². The summed E-state index contributed by atoms with van der Waals surface area (Å²) in [4.78, 5) is 10.9. The van der Waals surface area contributed by atoms with Gasteiger partial charge in [-0.25, -0.2) is 8.78 Å². The van der Waals surface area contributed by atoms with E-state index in [-0.39, 0.29) is 13.8 Å². The number of hydrogen-bond donors (Lipinski definition) is 0. The van der Waals surface area contributed by atoms with Gasteiger partial charge in [-0.3, -0.25) is 4.79 Å². The van der Waals surface area contributed by atoms with Crippen molar-refractivity contribution in [1.29, 1.82) is 0 Å². The second-order valence-corrected chi connectivity index (χ2v) is 4.08. The standard InChI is InChI=1S/C9H6F8O/c1-6(10,8(12,13)14)3-4(5(3)18)7(2,11)9(15,16)17/h1-2H3. The average molecular weight is 282 g/mol. The molecule has 9 heteroatoms. The lowest BCUT2D eigenvalue weighted by Crippen LogP contribution is -2.37. The molecule has 0 aliphatic rings. The van der Waals surface area contributed by atoms with Crippen LogP contribution >= 0.6 is 0 Å². The second-order valence-electron chi connectivity index (χ2n) is 4.08. The molecule has 0 spiro atoms. The van der Waals surface area contributed by atoms with E-state index in [9.17, 15) is 39.9 Å². The van der Waals surface area contributed by atoms with Gasteiger partial charge in [0.1, 0.15) is 0 Å². The van der Waals surface area contributed by atoms with Crippen LogP contribution in [-0.2, 0) is 11.3 Å². The van der Waals surface area contributed by atoms with Crippen LogP contribution in [-0.4, -0.2) is 12.4 Å². The van der Waals surface area contributed by atoms with E-state index in [4.69, 9.17) is 0 Å². The second kappa shape index (κ2) is 3.45. The quantitative estimate of drug-likeness (QED) is 0.760. The summed E-state index contributed by atoms with van der Waals surface area (Å²) in [5, 5.41) is 0. The van der Waals surface area contributed by atoms with Gasteiger partial charge in [-0.05, 0) is 13.8 Å². The topological polar surface area (TPSA) is 17.1 Å². The molecule has 104 valence electrons. The van der Waals surface area contributed by atoms with Gasteiger partial charge in [0.2, 0.25) is 11.3 Å². The molecule has 0 aliphatic heterocycles. The van der Waals surface area contributed by atoms with E-state index in [1.165, 1.54) is 0 Å². The smallest absolute Gasteiger partial charge is 0.289 e. The van der Waals surface area contributed by atoms with Crippen LogP contribution in [0.3, 0.4) is 0 Å². The fourth-order valence-electron chi connectivity index (χ4n) is 1.35. The third kappa shape index (κ3) is 1.89. The van der Waals surface area contributed by atoms with Crippen molar-refractivity contribution >= 4 is 0 Å². The number of hydrogen-bond acceptors (Lipinski definition) is 1. The molecule has 2 unspecified atom stereocenters. The highest BCUT2D eigenvalue weighted by Gasteiger charge is 2.66. The third-order valence-electron chi connectivity index (χ3n) is 2.65. The van der Waals surface area contributed by atoms with E-state index in [2.05, 4.69) is 0 Å². The van der Waals surface area contributed by atoms with Crippen LogP contribution < -0.4 is 5.43 Å². The average Bonchev–Trinajstić information content (AvgIpc) is 2.73. The van der Waals surface area contributed by atoms with Gasteiger partial charge in [0.05, 0.1) is 11.1 Å². The molecule has 1 rings (SSSR count). The minimum absolute atomic E-state index is 0.125. The predicted octanol–water partition coefficient (Wildman–Crippen LogP) is 3.42. The fraction of sp³-hybridized carbons (Fsp3) is 0.667. The Hall–Kier alpha value is -1.15. The van der Waals surface area contributed by atoms with Crippen LogP contribution in [0.5, 0.6) is 0 Å². The molecule has 0 radical (unpaired) electrons. The maximum absolute atomic E-state index is 13.3. The summed E-state index contributed by atoms with van der Waals surface area (Å²) in [5.41, 5.74) is -14.1. The summed E-state index contributed by atoms with van der Waals surface area (Å²) in [5.74, 6) is 0. The first-order chi connectivity index (χ1) is 7.65. The van der Waals surface area contributed by atoms with Gasteiger partial charge >= 0.3 is 12.4 Å². The lowest BCUT2D eigenvalue weighted by atomic mass is 9.99. The highest BCUT2D eigenvalue weighted by molar-refractivity contribution is 5.49. The monoisotopic (exact) mass is 282 g/mol. The fourth-order valence-corrected chi connectivity index (χ4v) is 1.35. The summed E-state index contributed by atoms with van der Waals surface area (Å²) in [6.45, 7) is -0.251. The maximum atomic E-state index is 13.3. The van der Waals surface area contributed by atoms with Crippen LogP contribution in [0.25, 0.3) is 0 Å². The molecule has 0 heterocycles. The number of rotatable bonds is 2. The minimum atomic E-state index is -5.60. The van der Waals surface area contributed by atoms with Crippen LogP contribution in [0, 0.1) is 0 Å². The molecular formula is C9H6F8O.